The Hall–Kier alpha value is -2.57. The number of aliphatic hydroxyl groups is 2. The quantitative estimate of drug-likeness (QED) is 0.640. The van der Waals surface area contributed by atoms with Crippen molar-refractivity contribution in [3.8, 4) is 0 Å². The largest absolute Gasteiger partial charge is 0.454 e. The zero-order chi connectivity index (χ0) is 25.2. The molecule has 5 rings (SSSR count). The normalized spacial score (nSPS) is 39.8. The molecule has 1 aromatic carbocycles. The molecule has 2 N–H and O–H groups in total. The second kappa shape index (κ2) is 8.24. The van der Waals surface area contributed by atoms with E-state index >= 15 is 0 Å². The van der Waals surface area contributed by atoms with Crippen molar-refractivity contribution in [3.63, 3.8) is 0 Å². The number of rotatable bonds is 4. The number of hydrogen-bond acceptors (Lipinski definition) is 6. The molecule has 3 saturated carbocycles. The molecule has 6 nitrogen and oxygen atoms in total. The van der Waals surface area contributed by atoms with Crippen molar-refractivity contribution < 1.29 is 29.3 Å². The molecule has 6 heteroatoms. The summed E-state index contributed by atoms with van der Waals surface area (Å²) >= 11 is 0. The molecule has 7 atom stereocenters. The van der Waals surface area contributed by atoms with E-state index in [1.807, 2.05) is 19.9 Å². The minimum absolute atomic E-state index is 0.00733. The van der Waals surface area contributed by atoms with Crippen LogP contribution in [0.25, 0.3) is 0 Å². The summed E-state index contributed by atoms with van der Waals surface area (Å²) in [4.78, 5) is 37.8. The minimum atomic E-state index is -1.66. The molecule has 4 aliphatic rings. The van der Waals surface area contributed by atoms with E-state index in [1.165, 1.54) is 0 Å². The van der Waals surface area contributed by atoms with Gasteiger partial charge in [-0.2, -0.15) is 0 Å². The fourth-order valence-corrected chi connectivity index (χ4v) is 7.81. The summed E-state index contributed by atoms with van der Waals surface area (Å²) in [5, 5.41) is 23.2. The second-order valence-electron chi connectivity index (χ2n) is 11.5. The predicted molar refractivity (Wildman–Crippen MR) is 129 cm³/mol. The lowest BCUT2D eigenvalue weighted by atomic mass is 9.46. The molecule has 0 bridgehead atoms. The smallest absolute Gasteiger partial charge is 0.338 e. The van der Waals surface area contributed by atoms with Gasteiger partial charge in [-0.15, -0.1) is 0 Å². The van der Waals surface area contributed by atoms with Crippen molar-refractivity contribution in [1.29, 1.82) is 0 Å². The van der Waals surface area contributed by atoms with Gasteiger partial charge < -0.3 is 14.9 Å². The van der Waals surface area contributed by atoms with Crippen LogP contribution in [0.3, 0.4) is 0 Å². The Morgan fingerprint density at radius 1 is 1.14 bits per heavy atom. The van der Waals surface area contributed by atoms with Gasteiger partial charge in [0.1, 0.15) is 5.60 Å². The van der Waals surface area contributed by atoms with Gasteiger partial charge in [-0.3, -0.25) is 9.59 Å². The fraction of sp³-hybridized carbons (Fsp3) is 0.552. The van der Waals surface area contributed by atoms with Gasteiger partial charge in [-0.25, -0.2) is 4.79 Å². The van der Waals surface area contributed by atoms with E-state index in [1.54, 1.807) is 36.4 Å². The molecule has 0 saturated heterocycles. The molecular formula is C29H34O6. The number of benzene rings is 1. The molecule has 3 fully saturated rings. The summed E-state index contributed by atoms with van der Waals surface area (Å²) in [6, 6.07) is 6.91. The van der Waals surface area contributed by atoms with Crippen LogP contribution < -0.4 is 0 Å². The van der Waals surface area contributed by atoms with E-state index in [9.17, 15) is 24.6 Å². The second-order valence-corrected chi connectivity index (χ2v) is 11.5. The number of Topliss-reactive ketones (excluding diaryl/α,β-unsaturated/α-hetero) is 1. The summed E-state index contributed by atoms with van der Waals surface area (Å²) in [7, 11) is 0. The lowest BCUT2D eigenvalue weighted by molar-refractivity contribution is -0.178. The Balaban J connectivity index is 1.36. The topological polar surface area (TPSA) is 101 Å². The number of fused-ring (bicyclic) bond motifs is 5. The van der Waals surface area contributed by atoms with E-state index in [-0.39, 0.29) is 30.0 Å². The first-order chi connectivity index (χ1) is 16.5. The lowest BCUT2D eigenvalue weighted by Crippen LogP contribution is -2.61. The average Bonchev–Trinajstić information content (AvgIpc) is 3.09. The minimum Gasteiger partial charge on any atom is -0.454 e. The highest BCUT2D eigenvalue weighted by molar-refractivity contribution is 6.01. The molecule has 186 valence electrons. The molecule has 0 unspecified atom stereocenters. The molecule has 35 heavy (non-hydrogen) atoms. The molecular weight excluding hydrogens is 444 g/mol. The average molecular weight is 479 g/mol. The highest BCUT2D eigenvalue weighted by Crippen LogP contribution is 2.67. The third-order valence-corrected chi connectivity index (χ3v) is 9.73. The number of esters is 1. The van der Waals surface area contributed by atoms with Crippen LogP contribution in [-0.2, 0) is 14.3 Å². The maximum Gasteiger partial charge on any atom is 0.338 e. The summed E-state index contributed by atoms with van der Waals surface area (Å²) in [5.41, 5.74) is -0.424. The molecule has 0 aliphatic heterocycles. The Morgan fingerprint density at radius 2 is 1.86 bits per heavy atom. The van der Waals surface area contributed by atoms with Gasteiger partial charge in [-0.05, 0) is 75.1 Å². The van der Waals surface area contributed by atoms with Crippen LogP contribution >= 0.6 is 0 Å². The van der Waals surface area contributed by atoms with Gasteiger partial charge in [0.15, 0.2) is 12.4 Å². The summed E-state index contributed by atoms with van der Waals surface area (Å²) < 4.78 is 5.30. The highest BCUT2D eigenvalue weighted by Gasteiger charge is 2.68. The maximum atomic E-state index is 13.3. The third-order valence-electron chi connectivity index (χ3n) is 9.73. The third kappa shape index (κ3) is 3.56. The number of hydrogen-bond donors (Lipinski definition) is 2. The summed E-state index contributed by atoms with van der Waals surface area (Å²) in [5.74, 6) is -0.987. The van der Waals surface area contributed by atoms with Gasteiger partial charge in [0.2, 0.25) is 5.78 Å². The van der Waals surface area contributed by atoms with E-state index in [0.717, 1.165) is 24.0 Å². The van der Waals surface area contributed by atoms with Crippen LogP contribution in [0.4, 0.5) is 0 Å². The van der Waals surface area contributed by atoms with Crippen molar-refractivity contribution in [1.82, 2.24) is 0 Å². The predicted octanol–water partition coefficient (Wildman–Crippen LogP) is 3.73. The lowest BCUT2D eigenvalue weighted by Gasteiger charge is -2.59. The number of carbonyl (C=O) groups is 3. The Bertz CT molecular complexity index is 1130. The van der Waals surface area contributed by atoms with Crippen molar-refractivity contribution in [2.75, 3.05) is 6.61 Å². The Morgan fingerprint density at radius 3 is 2.57 bits per heavy atom. The SMILES string of the molecule is Cc1ccc(C(=O)OCC(=O)[C@@]2(O)CC[C@H]3[C@@H]4CCC5=CC(=O)C=C[C@]5(C)[C@H]4[C@@H](O)C[C@@]32C)cc1. The van der Waals surface area contributed by atoms with E-state index < -0.39 is 40.9 Å². The number of aliphatic hydroxyl groups excluding tert-OH is 1. The number of ether oxygens (including phenoxy) is 1. The summed E-state index contributed by atoms with van der Waals surface area (Å²) in [6.07, 6.45) is 7.39. The first kappa shape index (κ1) is 24.1. The summed E-state index contributed by atoms with van der Waals surface area (Å²) in [6.45, 7) is 5.44. The van der Waals surface area contributed by atoms with Crippen LogP contribution in [0.2, 0.25) is 0 Å². The molecule has 0 radical (unpaired) electrons. The zero-order valence-electron chi connectivity index (χ0n) is 20.6. The monoisotopic (exact) mass is 478 g/mol. The van der Waals surface area contributed by atoms with Gasteiger partial charge in [-0.1, -0.05) is 43.2 Å². The van der Waals surface area contributed by atoms with E-state index in [2.05, 4.69) is 6.92 Å². The molecule has 4 aliphatic carbocycles. The molecule has 0 amide bonds. The van der Waals surface area contributed by atoms with Gasteiger partial charge in [0, 0.05) is 16.7 Å². The van der Waals surface area contributed by atoms with Crippen LogP contribution in [0.1, 0.15) is 61.9 Å². The van der Waals surface area contributed by atoms with Gasteiger partial charge >= 0.3 is 5.97 Å². The van der Waals surface area contributed by atoms with Crippen LogP contribution in [0.15, 0.2) is 48.1 Å². The number of aryl methyl sites for hydroxylation is 1. The zero-order valence-corrected chi connectivity index (χ0v) is 20.6. The fourth-order valence-electron chi connectivity index (χ4n) is 7.81. The van der Waals surface area contributed by atoms with Crippen LogP contribution in [0.5, 0.6) is 0 Å². The van der Waals surface area contributed by atoms with Gasteiger partial charge in [0.05, 0.1) is 11.7 Å². The van der Waals surface area contributed by atoms with Crippen LogP contribution in [0, 0.1) is 35.5 Å². The van der Waals surface area contributed by atoms with Crippen molar-refractivity contribution in [3.05, 3.63) is 59.2 Å². The molecule has 0 aromatic heterocycles. The van der Waals surface area contributed by atoms with Gasteiger partial charge in [0.25, 0.3) is 0 Å². The molecule has 0 heterocycles. The van der Waals surface area contributed by atoms with E-state index in [4.69, 9.17) is 4.74 Å². The number of ketones is 2. The Labute approximate surface area is 206 Å². The van der Waals surface area contributed by atoms with E-state index in [0.29, 0.717) is 18.4 Å². The highest BCUT2D eigenvalue weighted by atomic mass is 16.5. The van der Waals surface area contributed by atoms with Crippen LogP contribution in [-0.4, -0.2) is 46.1 Å². The maximum absolute atomic E-state index is 13.3. The standard InChI is InChI=1S/C29H34O6/c1-17-4-6-18(7-5-17)26(33)35-16-24(32)29(34)13-11-22-21-9-8-19-14-20(30)10-12-27(19,2)25(21)23(31)15-28(22,29)3/h4-7,10,12,14,21-23,25,31,34H,8-9,11,13,15-16H2,1-3H3/t21-,22-,23-,25+,27-,28-,29-/m0/s1. The first-order valence-electron chi connectivity index (χ1n) is 12.6. The van der Waals surface area contributed by atoms with Crippen molar-refractivity contribution >= 4 is 17.5 Å². The molecule has 1 aromatic rings. The number of carbonyl (C=O) groups excluding carboxylic acids is 3. The van der Waals surface area contributed by atoms with Crippen molar-refractivity contribution in [2.45, 2.75) is 64.6 Å². The number of allylic oxidation sites excluding steroid dienone is 4. The van der Waals surface area contributed by atoms with Crippen molar-refractivity contribution in [2.24, 2.45) is 28.6 Å². The first-order valence-corrected chi connectivity index (χ1v) is 12.6. The Kier molecular flexibility index (Phi) is 5.68. The molecule has 0 spiro atoms.